The number of benzene rings is 1. The smallest absolute Gasteiger partial charge is 0.260 e. The van der Waals surface area contributed by atoms with Crippen LogP contribution in [0.1, 0.15) is 0 Å². The highest BCUT2D eigenvalue weighted by atomic mass is 16.5. The molecule has 1 heterocycles. The van der Waals surface area contributed by atoms with E-state index in [0.29, 0.717) is 10.5 Å². The lowest BCUT2D eigenvalue weighted by atomic mass is 10.3. The second kappa shape index (κ2) is 3.93. The van der Waals surface area contributed by atoms with Gasteiger partial charge in [-0.2, -0.15) is 4.98 Å². The van der Waals surface area contributed by atoms with Gasteiger partial charge in [0.15, 0.2) is 0 Å². The zero-order valence-electron chi connectivity index (χ0n) is 8.29. The van der Waals surface area contributed by atoms with Gasteiger partial charge in [0.2, 0.25) is 5.88 Å². The van der Waals surface area contributed by atoms with Crippen molar-refractivity contribution in [3.8, 4) is 11.6 Å². The Labute approximate surface area is 91.0 Å². The van der Waals surface area contributed by atoms with Crippen LogP contribution in [0.3, 0.4) is 0 Å². The molecule has 4 N–H and O–H groups in total. The molecule has 82 valence electrons. The predicted octanol–water partition coefficient (Wildman–Crippen LogP) is 0.974. The molecule has 0 aliphatic rings. The maximum atomic E-state index is 9.18. The van der Waals surface area contributed by atoms with E-state index in [-0.39, 0.29) is 17.3 Å². The van der Waals surface area contributed by atoms with Crippen molar-refractivity contribution in [1.82, 2.24) is 9.71 Å². The fourth-order valence-corrected chi connectivity index (χ4v) is 1.16. The van der Waals surface area contributed by atoms with Crippen LogP contribution < -0.4 is 16.1 Å². The molecule has 2 rings (SSSR count). The summed E-state index contributed by atoms with van der Waals surface area (Å²) in [4.78, 5) is 3.71. The first kappa shape index (κ1) is 10.0. The molecule has 0 spiro atoms. The Hall–Kier alpha value is -2.50. The van der Waals surface area contributed by atoms with E-state index in [4.69, 9.17) is 15.9 Å². The number of rotatable bonds is 2. The van der Waals surface area contributed by atoms with E-state index in [1.54, 1.807) is 12.1 Å². The van der Waals surface area contributed by atoms with Crippen LogP contribution in [-0.4, -0.2) is 14.9 Å². The van der Waals surface area contributed by atoms with Gasteiger partial charge in [-0.05, 0) is 12.1 Å². The van der Waals surface area contributed by atoms with Crippen LogP contribution in [0.2, 0.25) is 0 Å². The van der Waals surface area contributed by atoms with Gasteiger partial charge in [-0.15, -0.1) is 4.73 Å². The van der Waals surface area contributed by atoms with Crippen molar-refractivity contribution in [2.24, 2.45) is 0 Å². The number of aromatic nitrogens is 2. The van der Waals surface area contributed by atoms with Crippen LogP contribution in [0.15, 0.2) is 36.4 Å². The lowest BCUT2D eigenvalue weighted by molar-refractivity contribution is 0.170. The Morgan fingerprint density at radius 1 is 1.31 bits per heavy atom. The van der Waals surface area contributed by atoms with Crippen molar-refractivity contribution in [2.45, 2.75) is 0 Å². The molecule has 0 unspecified atom stereocenters. The minimum absolute atomic E-state index is 0.00840. The van der Waals surface area contributed by atoms with Gasteiger partial charge < -0.3 is 15.7 Å². The molecule has 0 saturated carbocycles. The molecule has 16 heavy (non-hydrogen) atoms. The van der Waals surface area contributed by atoms with Gasteiger partial charge in [-0.25, -0.2) is 0 Å². The number of hydrogen-bond acceptors (Lipinski definition) is 5. The summed E-state index contributed by atoms with van der Waals surface area (Å²) in [5, 5.41) is 16.5. The van der Waals surface area contributed by atoms with Crippen LogP contribution in [0.25, 0.3) is 0 Å². The van der Waals surface area contributed by atoms with E-state index in [1.165, 1.54) is 6.07 Å². The number of para-hydroxylation sites is 1. The highest BCUT2D eigenvalue weighted by Crippen LogP contribution is 2.18. The molecule has 0 radical (unpaired) electrons. The maximum absolute atomic E-state index is 9.18. The van der Waals surface area contributed by atoms with Gasteiger partial charge in [-0.1, -0.05) is 18.2 Å². The van der Waals surface area contributed by atoms with Gasteiger partial charge in [0.05, 0.1) is 0 Å². The summed E-state index contributed by atoms with van der Waals surface area (Å²) in [5.41, 5.74) is 5.06. The quantitative estimate of drug-likeness (QED) is 0.654. The van der Waals surface area contributed by atoms with Gasteiger partial charge in [-0.3, -0.25) is 5.41 Å². The normalized spacial score (nSPS) is 10.0. The molecule has 0 atom stereocenters. The standard InChI is InChI=1S/C10H10N4O2/c11-8-6-9(13-10(12)14(8)15)16-7-4-2-1-3-5-7/h1-6,12,15H,11H2. The van der Waals surface area contributed by atoms with Gasteiger partial charge in [0, 0.05) is 6.07 Å². The lowest BCUT2D eigenvalue weighted by Crippen LogP contribution is -2.23. The summed E-state index contributed by atoms with van der Waals surface area (Å²) < 4.78 is 5.83. The van der Waals surface area contributed by atoms with Crippen molar-refractivity contribution < 1.29 is 9.94 Å². The van der Waals surface area contributed by atoms with Gasteiger partial charge in [0.1, 0.15) is 11.6 Å². The maximum Gasteiger partial charge on any atom is 0.260 e. The first-order valence-electron chi connectivity index (χ1n) is 4.53. The second-order valence-electron chi connectivity index (χ2n) is 3.07. The molecule has 0 bridgehead atoms. The summed E-state index contributed by atoms with van der Waals surface area (Å²) in [7, 11) is 0. The van der Waals surface area contributed by atoms with E-state index in [0.717, 1.165) is 0 Å². The SMILES string of the molecule is N=c1nc(Oc2ccccc2)cc(N)n1O. The molecule has 0 saturated heterocycles. The number of anilines is 1. The Bertz CT molecular complexity index is 550. The molecule has 1 aromatic carbocycles. The van der Waals surface area contributed by atoms with E-state index < -0.39 is 0 Å². The molecule has 0 aliphatic heterocycles. The summed E-state index contributed by atoms with van der Waals surface area (Å²) in [6.45, 7) is 0. The number of nitrogens with two attached hydrogens (primary N) is 1. The Balaban J connectivity index is 2.33. The Morgan fingerprint density at radius 3 is 2.62 bits per heavy atom. The number of nitrogens with zero attached hydrogens (tertiary/aromatic N) is 2. The largest absolute Gasteiger partial charge is 0.439 e. The Kier molecular flexibility index (Phi) is 2.47. The van der Waals surface area contributed by atoms with E-state index >= 15 is 0 Å². The highest BCUT2D eigenvalue weighted by molar-refractivity contribution is 5.34. The first-order chi connectivity index (χ1) is 7.66. The Morgan fingerprint density at radius 2 is 2.00 bits per heavy atom. The van der Waals surface area contributed by atoms with Crippen molar-refractivity contribution in [1.29, 1.82) is 5.41 Å². The first-order valence-corrected chi connectivity index (χ1v) is 4.53. The van der Waals surface area contributed by atoms with Crippen LogP contribution >= 0.6 is 0 Å². The number of nitrogens with one attached hydrogen (secondary N) is 1. The fraction of sp³-hybridized carbons (Fsp3) is 0. The van der Waals surface area contributed by atoms with Crippen LogP contribution in [0.4, 0.5) is 5.82 Å². The third-order valence-corrected chi connectivity index (χ3v) is 1.90. The lowest BCUT2D eigenvalue weighted by Gasteiger charge is -2.06. The average Bonchev–Trinajstić information content (AvgIpc) is 2.27. The molecule has 0 fully saturated rings. The third-order valence-electron chi connectivity index (χ3n) is 1.90. The van der Waals surface area contributed by atoms with Crippen LogP contribution in [0, 0.1) is 5.41 Å². The average molecular weight is 218 g/mol. The topological polar surface area (TPSA) is 97.1 Å². The van der Waals surface area contributed by atoms with Crippen molar-refractivity contribution in [3.05, 3.63) is 42.0 Å². The molecule has 0 aliphatic carbocycles. The van der Waals surface area contributed by atoms with E-state index in [9.17, 15) is 5.21 Å². The summed E-state index contributed by atoms with van der Waals surface area (Å²) >= 11 is 0. The zero-order valence-corrected chi connectivity index (χ0v) is 8.29. The van der Waals surface area contributed by atoms with Crippen molar-refractivity contribution in [2.75, 3.05) is 5.73 Å². The number of ether oxygens (including phenoxy) is 1. The molecule has 6 nitrogen and oxygen atoms in total. The molecule has 0 amide bonds. The highest BCUT2D eigenvalue weighted by Gasteiger charge is 2.03. The summed E-state index contributed by atoms with van der Waals surface area (Å²) in [5.74, 6) is 0.745. The minimum Gasteiger partial charge on any atom is -0.439 e. The molecule has 1 aromatic heterocycles. The molecule has 2 aromatic rings. The van der Waals surface area contributed by atoms with Crippen molar-refractivity contribution in [3.63, 3.8) is 0 Å². The molecular formula is C10H10N4O2. The van der Waals surface area contributed by atoms with E-state index in [1.807, 2.05) is 18.2 Å². The summed E-state index contributed by atoms with van der Waals surface area (Å²) in [6, 6.07) is 10.3. The minimum atomic E-state index is -0.383. The van der Waals surface area contributed by atoms with E-state index in [2.05, 4.69) is 4.98 Å². The number of hydrogen-bond donors (Lipinski definition) is 3. The zero-order chi connectivity index (χ0) is 11.5. The monoisotopic (exact) mass is 218 g/mol. The predicted molar refractivity (Wildman–Crippen MR) is 56.2 cm³/mol. The van der Waals surface area contributed by atoms with Crippen LogP contribution in [0.5, 0.6) is 11.6 Å². The summed E-state index contributed by atoms with van der Waals surface area (Å²) in [6.07, 6.45) is 0. The second-order valence-corrected chi connectivity index (χ2v) is 3.07. The fourth-order valence-electron chi connectivity index (χ4n) is 1.16. The third kappa shape index (κ3) is 1.95. The molecule has 6 heteroatoms. The van der Waals surface area contributed by atoms with Crippen molar-refractivity contribution >= 4 is 5.82 Å². The molecular weight excluding hydrogens is 208 g/mol. The number of nitrogen functional groups attached to an aromatic ring is 1. The van der Waals surface area contributed by atoms with Crippen LogP contribution in [-0.2, 0) is 0 Å². The van der Waals surface area contributed by atoms with Gasteiger partial charge in [0.25, 0.3) is 5.62 Å². The van der Waals surface area contributed by atoms with Gasteiger partial charge >= 0.3 is 0 Å².